The highest BCUT2D eigenvalue weighted by atomic mass is 16.6. The van der Waals surface area contributed by atoms with E-state index in [4.69, 9.17) is 0 Å². The van der Waals surface area contributed by atoms with E-state index < -0.39 is 16.7 Å². The first-order valence-electron chi connectivity index (χ1n) is 5.83. The van der Waals surface area contributed by atoms with Crippen LogP contribution < -0.4 is 10.6 Å². The summed E-state index contributed by atoms with van der Waals surface area (Å²) in [4.78, 5) is 37.0. The maximum Gasteiger partial charge on any atom is 0.314 e. The van der Waals surface area contributed by atoms with Gasteiger partial charge in [0.15, 0.2) is 0 Å². The van der Waals surface area contributed by atoms with Gasteiger partial charge in [-0.05, 0) is 24.3 Å². The van der Waals surface area contributed by atoms with Gasteiger partial charge >= 0.3 is 11.8 Å². The minimum Gasteiger partial charge on any atom is -0.318 e. The van der Waals surface area contributed by atoms with Crippen molar-refractivity contribution < 1.29 is 14.5 Å². The quantitative estimate of drug-likeness (QED) is 0.505. The van der Waals surface area contributed by atoms with Crippen molar-refractivity contribution in [3.63, 3.8) is 0 Å². The summed E-state index contributed by atoms with van der Waals surface area (Å²) >= 11 is 0. The van der Waals surface area contributed by atoms with Crippen LogP contribution in [-0.2, 0) is 9.59 Å². The Bertz CT molecular complexity index is 670. The molecule has 0 atom stereocenters. The molecule has 0 fully saturated rings. The number of hydrogen-bond acceptors (Lipinski definition) is 5. The molecule has 8 heteroatoms. The lowest BCUT2D eigenvalue weighted by Gasteiger charge is -2.06. The second-order valence-electron chi connectivity index (χ2n) is 3.95. The predicted molar refractivity (Wildman–Crippen MR) is 74.6 cm³/mol. The number of carbonyl (C=O) groups excluding carboxylic acids is 2. The van der Waals surface area contributed by atoms with Gasteiger partial charge in [-0.25, -0.2) is 0 Å². The molecular weight excluding hydrogens is 276 g/mol. The van der Waals surface area contributed by atoms with E-state index in [1.807, 2.05) is 0 Å². The molecule has 0 saturated heterocycles. The number of amides is 2. The van der Waals surface area contributed by atoms with Crippen molar-refractivity contribution in [2.24, 2.45) is 0 Å². The van der Waals surface area contributed by atoms with Gasteiger partial charge in [-0.3, -0.25) is 24.7 Å². The fourth-order valence-corrected chi connectivity index (χ4v) is 1.48. The second-order valence-corrected chi connectivity index (χ2v) is 3.95. The molecule has 0 radical (unpaired) electrons. The van der Waals surface area contributed by atoms with Crippen molar-refractivity contribution in [3.8, 4) is 0 Å². The van der Waals surface area contributed by atoms with Gasteiger partial charge in [-0.1, -0.05) is 0 Å². The van der Waals surface area contributed by atoms with Crippen molar-refractivity contribution in [1.29, 1.82) is 0 Å². The average Bonchev–Trinajstić information content (AvgIpc) is 2.48. The molecule has 0 unspecified atom stereocenters. The van der Waals surface area contributed by atoms with Crippen molar-refractivity contribution in [2.45, 2.75) is 0 Å². The summed E-state index contributed by atoms with van der Waals surface area (Å²) in [5, 5.41) is 15.2. The molecule has 2 amide bonds. The molecule has 0 aliphatic carbocycles. The fraction of sp³-hybridized carbons (Fsp3) is 0. The summed E-state index contributed by atoms with van der Waals surface area (Å²) in [5.41, 5.74) is 0.624. The van der Waals surface area contributed by atoms with Crippen LogP contribution in [-0.4, -0.2) is 21.7 Å². The summed E-state index contributed by atoms with van der Waals surface area (Å²) in [5.74, 6) is -1.72. The number of rotatable bonds is 3. The average molecular weight is 286 g/mol. The van der Waals surface area contributed by atoms with Crippen LogP contribution >= 0.6 is 0 Å². The van der Waals surface area contributed by atoms with Crippen LogP contribution in [0.15, 0.2) is 48.8 Å². The van der Waals surface area contributed by atoms with Crippen LogP contribution in [0.1, 0.15) is 0 Å². The zero-order valence-corrected chi connectivity index (χ0v) is 10.6. The minimum atomic E-state index is -0.874. The normalized spacial score (nSPS) is 9.71. The number of non-ortho nitro benzene ring substituents is 1. The molecule has 0 bridgehead atoms. The molecule has 1 aromatic carbocycles. The Hall–Kier alpha value is -3.29. The zero-order valence-electron chi connectivity index (χ0n) is 10.6. The lowest BCUT2D eigenvalue weighted by Crippen LogP contribution is -2.29. The number of nitrogens with one attached hydrogen (secondary N) is 2. The first-order valence-corrected chi connectivity index (χ1v) is 5.83. The van der Waals surface area contributed by atoms with Crippen LogP contribution in [0.4, 0.5) is 17.1 Å². The molecule has 1 aromatic heterocycles. The Morgan fingerprint density at radius 3 is 1.86 bits per heavy atom. The maximum absolute atomic E-state index is 11.7. The number of anilines is 2. The van der Waals surface area contributed by atoms with Crippen LogP contribution in [0, 0.1) is 10.1 Å². The number of nitrogens with zero attached hydrogens (tertiary/aromatic N) is 2. The molecule has 0 spiro atoms. The van der Waals surface area contributed by atoms with Crippen molar-refractivity contribution >= 4 is 28.9 Å². The third-order valence-electron chi connectivity index (χ3n) is 2.48. The lowest BCUT2D eigenvalue weighted by atomic mass is 10.3. The molecule has 1 heterocycles. The molecular formula is C13H10N4O4. The Balaban J connectivity index is 1.97. The second kappa shape index (κ2) is 6.24. The van der Waals surface area contributed by atoms with Gasteiger partial charge in [0.25, 0.3) is 5.69 Å². The van der Waals surface area contributed by atoms with Gasteiger partial charge in [0.1, 0.15) is 0 Å². The molecule has 2 aromatic rings. The van der Waals surface area contributed by atoms with E-state index in [9.17, 15) is 19.7 Å². The number of aromatic nitrogens is 1. The number of hydrogen-bond donors (Lipinski definition) is 2. The van der Waals surface area contributed by atoms with E-state index in [1.54, 1.807) is 0 Å². The van der Waals surface area contributed by atoms with Gasteiger partial charge in [0.2, 0.25) is 0 Å². The number of carbonyl (C=O) groups is 2. The molecule has 0 saturated carbocycles. The predicted octanol–water partition coefficient (Wildman–Crippen LogP) is 1.57. The zero-order chi connectivity index (χ0) is 15.2. The number of nitro groups is 1. The standard InChI is InChI=1S/C13H10N4O4/c18-12(13(19)16-10-5-7-14-8-6-10)15-9-1-3-11(4-2-9)17(20)21/h1-8H,(H,15,18)(H,14,16,19). The van der Waals surface area contributed by atoms with Crippen LogP contribution in [0.3, 0.4) is 0 Å². The van der Waals surface area contributed by atoms with E-state index in [0.29, 0.717) is 5.69 Å². The highest BCUT2D eigenvalue weighted by Gasteiger charge is 2.14. The van der Waals surface area contributed by atoms with Crippen molar-refractivity contribution in [2.75, 3.05) is 10.6 Å². The smallest absolute Gasteiger partial charge is 0.314 e. The third-order valence-corrected chi connectivity index (χ3v) is 2.48. The first-order chi connectivity index (χ1) is 10.1. The highest BCUT2D eigenvalue weighted by molar-refractivity contribution is 6.43. The van der Waals surface area contributed by atoms with Gasteiger partial charge in [0, 0.05) is 35.9 Å². The maximum atomic E-state index is 11.7. The Labute approximate surface area is 119 Å². The van der Waals surface area contributed by atoms with Gasteiger partial charge in [-0.15, -0.1) is 0 Å². The molecule has 106 valence electrons. The molecule has 2 rings (SSSR count). The van der Waals surface area contributed by atoms with E-state index in [1.165, 1.54) is 48.8 Å². The fourth-order valence-electron chi connectivity index (χ4n) is 1.48. The molecule has 21 heavy (non-hydrogen) atoms. The largest absolute Gasteiger partial charge is 0.318 e. The summed E-state index contributed by atoms with van der Waals surface area (Å²) in [7, 11) is 0. The summed E-state index contributed by atoms with van der Waals surface area (Å²) in [6.45, 7) is 0. The van der Waals surface area contributed by atoms with Crippen LogP contribution in [0.2, 0.25) is 0 Å². The highest BCUT2D eigenvalue weighted by Crippen LogP contribution is 2.15. The SMILES string of the molecule is O=C(Nc1ccncc1)C(=O)Nc1ccc([N+](=O)[O-])cc1. The summed E-state index contributed by atoms with van der Waals surface area (Å²) in [6.07, 6.45) is 2.95. The van der Waals surface area contributed by atoms with E-state index in [2.05, 4.69) is 15.6 Å². The molecule has 8 nitrogen and oxygen atoms in total. The van der Waals surface area contributed by atoms with E-state index in [0.717, 1.165) is 0 Å². The molecule has 0 aliphatic rings. The van der Waals surface area contributed by atoms with Crippen LogP contribution in [0.5, 0.6) is 0 Å². The molecule has 0 aliphatic heterocycles. The number of benzene rings is 1. The molecule has 2 N–H and O–H groups in total. The van der Waals surface area contributed by atoms with Crippen molar-refractivity contribution in [3.05, 3.63) is 58.9 Å². The lowest BCUT2D eigenvalue weighted by molar-refractivity contribution is -0.384. The third kappa shape index (κ3) is 3.83. The Kier molecular flexibility index (Phi) is 4.20. The minimum absolute atomic E-state index is 0.103. The van der Waals surface area contributed by atoms with E-state index in [-0.39, 0.29) is 11.4 Å². The first kappa shape index (κ1) is 14.1. The van der Waals surface area contributed by atoms with Gasteiger partial charge < -0.3 is 10.6 Å². The topological polar surface area (TPSA) is 114 Å². The summed E-state index contributed by atoms with van der Waals surface area (Å²) < 4.78 is 0. The Morgan fingerprint density at radius 1 is 0.905 bits per heavy atom. The monoisotopic (exact) mass is 286 g/mol. The number of nitro benzene ring substituents is 1. The van der Waals surface area contributed by atoms with Gasteiger partial charge in [0.05, 0.1) is 4.92 Å². The number of pyridine rings is 1. The Morgan fingerprint density at radius 2 is 1.38 bits per heavy atom. The van der Waals surface area contributed by atoms with Gasteiger partial charge in [-0.2, -0.15) is 0 Å². The van der Waals surface area contributed by atoms with Crippen LogP contribution in [0.25, 0.3) is 0 Å². The summed E-state index contributed by atoms with van der Waals surface area (Å²) in [6, 6.07) is 8.23. The van der Waals surface area contributed by atoms with E-state index >= 15 is 0 Å². The van der Waals surface area contributed by atoms with Crippen molar-refractivity contribution in [1.82, 2.24) is 4.98 Å².